The molecule has 3 heteroatoms. The molecule has 0 aromatic heterocycles. The first-order chi connectivity index (χ1) is 7.10. The van der Waals surface area contributed by atoms with Crippen molar-refractivity contribution in [2.75, 3.05) is 6.61 Å². The smallest absolute Gasteiger partial charge is 0.0730 e. The zero-order valence-corrected chi connectivity index (χ0v) is 10.5. The van der Waals surface area contributed by atoms with E-state index in [0.717, 1.165) is 23.9 Å². The Morgan fingerprint density at radius 2 is 2.40 bits per heavy atom. The minimum absolute atomic E-state index is 0.150. The van der Waals surface area contributed by atoms with Crippen molar-refractivity contribution in [3.05, 3.63) is 34.3 Å². The number of rotatable bonds is 2. The molecule has 15 heavy (non-hydrogen) atoms. The average molecular weight is 270 g/mol. The van der Waals surface area contributed by atoms with Crippen LogP contribution >= 0.6 is 15.9 Å². The lowest BCUT2D eigenvalue weighted by Crippen LogP contribution is -2.47. The summed E-state index contributed by atoms with van der Waals surface area (Å²) in [4.78, 5) is 0. The van der Waals surface area contributed by atoms with E-state index in [4.69, 9.17) is 10.5 Å². The second kappa shape index (κ2) is 4.24. The number of benzene rings is 1. The maximum Gasteiger partial charge on any atom is 0.0730 e. The van der Waals surface area contributed by atoms with E-state index in [1.54, 1.807) is 0 Å². The third-order valence-corrected chi connectivity index (χ3v) is 3.66. The highest BCUT2D eigenvalue weighted by molar-refractivity contribution is 9.10. The van der Waals surface area contributed by atoms with Crippen LogP contribution in [0.5, 0.6) is 0 Å². The minimum Gasteiger partial charge on any atom is -0.377 e. The molecule has 0 radical (unpaired) electrons. The summed E-state index contributed by atoms with van der Waals surface area (Å²) < 4.78 is 6.64. The predicted octanol–water partition coefficient (Wildman–Crippen LogP) is 2.50. The summed E-state index contributed by atoms with van der Waals surface area (Å²) in [6, 6.07) is 8.31. The van der Waals surface area contributed by atoms with Gasteiger partial charge in [0, 0.05) is 16.6 Å². The quantitative estimate of drug-likeness (QED) is 0.896. The number of halogens is 1. The molecule has 1 heterocycles. The molecule has 1 aromatic rings. The van der Waals surface area contributed by atoms with Crippen LogP contribution in [0.3, 0.4) is 0 Å². The number of hydrogen-bond donors (Lipinski definition) is 1. The SMILES string of the molecule is CC1OCCC1(N)Cc1cccc(Br)c1. The van der Waals surface area contributed by atoms with Gasteiger partial charge in [-0.3, -0.25) is 0 Å². The lowest BCUT2D eigenvalue weighted by Gasteiger charge is -2.27. The van der Waals surface area contributed by atoms with Crippen LogP contribution in [0.2, 0.25) is 0 Å². The van der Waals surface area contributed by atoms with Gasteiger partial charge in [0.25, 0.3) is 0 Å². The highest BCUT2D eigenvalue weighted by Crippen LogP contribution is 2.27. The Morgan fingerprint density at radius 3 is 3.00 bits per heavy atom. The largest absolute Gasteiger partial charge is 0.377 e. The molecule has 0 spiro atoms. The second-order valence-corrected chi connectivity index (χ2v) is 5.22. The Labute approximate surface area is 98.9 Å². The first kappa shape index (κ1) is 11.1. The zero-order chi connectivity index (χ0) is 10.9. The lowest BCUT2D eigenvalue weighted by molar-refractivity contribution is 0.0955. The lowest BCUT2D eigenvalue weighted by atomic mass is 9.86. The van der Waals surface area contributed by atoms with Crippen molar-refractivity contribution >= 4 is 15.9 Å². The summed E-state index contributed by atoms with van der Waals surface area (Å²) in [7, 11) is 0. The molecule has 1 fully saturated rings. The second-order valence-electron chi connectivity index (χ2n) is 4.30. The Kier molecular flexibility index (Phi) is 3.14. The van der Waals surface area contributed by atoms with Gasteiger partial charge in [-0.1, -0.05) is 28.1 Å². The molecule has 1 aliphatic heterocycles. The van der Waals surface area contributed by atoms with E-state index < -0.39 is 0 Å². The van der Waals surface area contributed by atoms with Gasteiger partial charge in [-0.05, 0) is 37.5 Å². The van der Waals surface area contributed by atoms with E-state index in [0.29, 0.717) is 0 Å². The third kappa shape index (κ3) is 2.41. The summed E-state index contributed by atoms with van der Waals surface area (Å²) in [5.41, 5.74) is 7.42. The van der Waals surface area contributed by atoms with E-state index in [1.807, 2.05) is 12.1 Å². The van der Waals surface area contributed by atoms with Crippen molar-refractivity contribution in [3.63, 3.8) is 0 Å². The number of nitrogens with two attached hydrogens (primary N) is 1. The van der Waals surface area contributed by atoms with Gasteiger partial charge in [0.1, 0.15) is 0 Å². The van der Waals surface area contributed by atoms with E-state index in [9.17, 15) is 0 Å². The molecule has 0 aliphatic carbocycles. The molecular formula is C12H16BrNO. The van der Waals surface area contributed by atoms with Gasteiger partial charge in [0.2, 0.25) is 0 Å². The van der Waals surface area contributed by atoms with E-state index >= 15 is 0 Å². The molecule has 1 aromatic carbocycles. The highest BCUT2D eigenvalue weighted by Gasteiger charge is 2.37. The standard InChI is InChI=1S/C12H16BrNO/c1-9-12(14,5-6-15-9)8-10-3-2-4-11(13)7-10/h2-4,7,9H,5-6,8,14H2,1H3. The highest BCUT2D eigenvalue weighted by atomic mass is 79.9. The Balaban J connectivity index is 2.14. The van der Waals surface area contributed by atoms with Gasteiger partial charge in [0.05, 0.1) is 6.10 Å². The molecule has 0 saturated carbocycles. The molecule has 2 N–H and O–H groups in total. The van der Waals surface area contributed by atoms with Gasteiger partial charge >= 0.3 is 0 Å². The van der Waals surface area contributed by atoms with Crippen LogP contribution in [0.4, 0.5) is 0 Å². The van der Waals surface area contributed by atoms with Crippen molar-refractivity contribution in [3.8, 4) is 0 Å². The van der Waals surface area contributed by atoms with E-state index in [2.05, 4.69) is 35.0 Å². The van der Waals surface area contributed by atoms with Crippen LogP contribution in [-0.4, -0.2) is 18.2 Å². The molecule has 1 saturated heterocycles. The molecule has 82 valence electrons. The van der Waals surface area contributed by atoms with Crippen LogP contribution < -0.4 is 5.73 Å². The van der Waals surface area contributed by atoms with Gasteiger partial charge in [-0.2, -0.15) is 0 Å². The number of hydrogen-bond acceptors (Lipinski definition) is 2. The van der Waals surface area contributed by atoms with E-state index in [-0.39, 0.29) is 11.6 Å². The fourth-order valence-electron chi connectivity index (χ4n) is 2.05. The average Bonchev–Trinajstić information content (AvgIpc) is 2.47. The fourth-order valence-corrected chi connectivity index (χ4v) is 2.50. The molecule has 0 bridgehead atoms. The van der Waals surface area contributed by atoms with Crippen molar-refractivity contribution in [2.24, 2.45) is 5.73 Å². The van der Waals surface area contributed by atoms with Gasteiger partial charge in [-0.25, -0.2) is 0 Å². The first-order valence-corrected chi connectivity index (χ1v) is 6.04. The molecule has 2 nitrogen and oxygen atoms in total. The Bertz CT molecular complexity index is 355. The molecule has 2 rings (SSSR count). The minimum atomic E-state index is -0.194. The van der Waals surface area contributed by atoms with Crippen molar-refractivity contribution in [2.45, 2.75) is 31.4 Å². The monoisotopic (exact) mass is 269 g/mol. The molecule has 2 unspecified atom stereocenters. The van der Waals surface area contributed by atoms with Gasteiger partial charge < -0.3 is 10.5 Å². The maximum absolute atomic E-state index is 6.34. The van der Waals surface area contributed by atoms with Crippen LogP contribution in [0.15, 0.2) is 28.7 Å². The van der Waals surface area contributed by atoms with Gasteiger partial charge in [-0.15, -0.1) is 0 Å². The summed E-state index contributed by atoms with van der Waals surface area (Å²) in [6.45, 7) is 2.84. The first-order valence-electron chi connectivity index (χ1n) is 5.25. The van der Waals surface area contributed by atoms with Crippen molar-refractivity contribution in [1.29, 1.82) is 0 Å². The van der Waals surface area contributed by atoms with Crippen LogP contribution in [0.25, 0.3) is 0 Å². The molecule has 2 atom stereocenters. The summed E-state index contributed by atoms with van der Waals surface area (Å²) >= 11 is 3.47. The summed E-state index contributed by atoms with van der Waals surface area (Å²) in [5.74, 6) is 0. The zero-order valence-electron chi connectivity index (χ0n) is 8.87. The molecule has 1 aliphatic rings. The molecule has 0 amide bonds. The topological polar surface area (TPSA) is 35.2 Å². The third-order valence-electron chi connectivity index (χ3n) is 3.17. The predicted molar refractivity (Wildman–Crippen MR) is 64.8 cm³/mol. The van der Waals surface area contributed by atoms with Crippen molar-refractivity contribution in [1.82, 2.24) is 0 Å². The maximum atomic E-state index is 6.34. The van der Waals surface area contributed by atoms with Gasteiger partial charge in [0.15, 0.2) is 0 Å². The Hall–Kier alpha value is -0.380. The fraction of sp³-hybridized carbons (Fsp3) is 0.500. The van der Waals surface area contributed by atoms with Crippen LogP contribution in [0, 0.1) is 0 Å². The number of ether oxygens (including phenoxy) is 1. The molecular weight excluding hydrogens is 254 g/mol. The normalized spacial score (nSPS) is 30.7. The summed E-state index contributed by atoms with van der Waals surface area (Å²) in [5, 5.41) is 0. The van der Waals surface area contributed by atoms with Crippen LogP contribution in [0.1, 0.15) is 18.9 Å². The van der Waals surface area contributed by atoms with E-state index in [1.165, 1.54) is 5.56 Å². The van der Waals surface area contributed by atoms with Crippen molar-refractivity contribution < 1.29 is 4.74 Å². The Morgan fingerprint density at radius 1 is 1.60 bits per heavy atom. The summed E-state index contributed by atoms with van der Waals surface area (Å²) in [6.07, 6.45) is 1.98. The van der Waals surface area contributed by atoms with Crippen LogP contribution in [-0.2, 0) is 11.2 Å².